The van der Waals surface area contributed by atoms with Gasteiger partial charge in [-0.3, -0.25) is 0 Å². The van der Waals surface area contributed by atoms with E-state index in [1.54, 1.807) is 24.3 Å². The standard InChI is InChI=1S/C16H14FNO2/c17-14-6-2-5-13-12(14)7-8-15(13)18-11-4-1-3-10(9-11)16(19)20/h1-6,9,15,18H,7-8H2,(H,19,20). The number of rotatable bonds is 3. The molecular weight excluding hydrogens is 257 g/mol. The zero-order valence-electron chi connectivity index (χ0n) is 10.8. The number of carboxylic acids is 1. The van der Waals surface area contributed by atoms with Gasteiger partial charge in [-0.2, -0.15) is 0 Å². The van der Waals surface area contributed by atoms with Crippen molar-refractivity contribution in [1.82, 2.24) is 0 Å². The summed E-state index contributed by atoms with van der Waals surface area (Å²) < 4.78 is 13.7. The average molecular weight is 271 g/mol. The molecule has 0 radical (unpaired) electrons. The Morgan fingerprint density at radius 2 is 2.05 bits per heavy atom. The van der Waals surface area contributed by atoms with Gasteiger partial charge in [-0.25, -0.2) is 9.18 Å². The van der Waals surface area contributed by atoms with Gasteiger partial charge in [0.2, 0.25) is 0 Å². The molecule has 4 heteroatoms. The van der Waals surface area contributed by atoms with E-state index in [0.29, 0.717) is 6.42 Å². The van der Waals surface area contributed by atoms with Gasteiger partial charge in [0.05, 0.1) is 11.6 Å². The van der Waals surface area contributed by atoms with Gasteiger partial charge in [0.1, 0.15) is 5.82 Å². The van der Waals surface area contributed by atoms with E-state index in [1.165, 1.54) is 6.07 Å². The molecule has 2 aromatic carbocycles. The summed E-state index contributed by atoms with van der Waals surface area (Å²) in [5.41, 5.74) is 2.71. The van der Waals surface area contributed by atoms with Crippen molar-refractivity contribution in [2.24, 2.45) is 0 Å². The van der Waals surface area contributed by atoms with Gasteiger partial charge in [0.25, 0.3) is 0 Å². The van der Waals surface area contributed by atoms with Crippen LogP contribution in [0.2, 0.25) is 0 Å². The van der Waals surface area contributed by atoms with Crippen molar-refractivity contribution < 1.29 is 14.3 Å². The number of benzene rings is 2. The van der Waals surface area contributed by atoms with Crippen molar-refractivity contribution in [3.63, 3.8) is 0 Å². The lowest BCUT2D eigenvalue weighted by Crippen LogP contribution is -2.08. The number of carboxylic acid groups (broad SMARTS) is 1. The normalized spacial score (nSPS) is 16.8. The summed E-state index contributed by atoms with van der Waals surface area (Å²) >= 11 is 0. The number of halogens is 1. The third-order valence-corrected chi connectivity index (χ3v) is 3.66. The van der Waals surface area contributed by atoms with E-state index in [9.17, 15) is 9.18 Å². The molecule has 0 bridgehead atoms. The van der Waals surface area contributed by atoms with Crippen LogP contribution >= 0.6 is 0 Å². The first kappa shape index (κ1) is 12.7. The van der Waals surface area contributed by atoms with E-state index in [2.05, 4.69) is 5.32 Å². The minimum Gasteiger partial charge on any atom is -0.478 e. The van der Waals surface area contributed by atoms with E-state index < -0.39 is 5.97 Å². The van der Waals surface area contributed by atoms with E-state index >= 15 is 0 Å². The number of hydrogen-bond donors (Lipinski definition) is 2. The second-order valence-electron chi connectivity index (χ2n) is 4.93. The summed E-state index contributed by atoms with van der Waals surface area (Å²) in [4.78, 5) is 11.0. The van der Waals surface area contributed by atoms with Crippen molar-refractivity contribution >= 4 is 11.7 Å². The van der Waals surface area contributed by atoms with Crippen LogP contribution in [0, 0.1) is 5.82 Å². The Kier molecular flexibility index (Phi) is 3.14. The van der Waals surface area contributed by atoms with Gasteiger partial charge in [-0.1, -0.05) is 18.2 Å². The van der Waals surface area contributed by atoms with Crippen molar-refractivity contribution in [2.45, 2.75) is 18.9 Å². The van der Waals surface area contributed by atoms with Gasteiger partial charge in [0, 0.05) is 5.69 Å². The summed E-state index contributed by atoms with van der Waals surface area (Å²) in [6.45, 7) is 0. The Morgan fingerprint density at radius 1 is 1.25 bits per heavy atom. The highest BCUT2D eigenvalue weighted by Crippen LogP contribution is 2.35. The predicted octanol–water partition coefficient (Wildman–Crippen LogP) is 3.62. The molecule has 0 saturated heterocycles. The molecule has 3 rings (SSSR count). The lowest BCUT2D eigenvalue weighted by Gasteiger charge is -2.16. The van der Waals surface area contributed by atoms with Crippen LogP contribution in [-0.4, -0.2) is 11.1 Å². The van der Waals surface area contributed by atoms with Crippen LogP contribution in [0.1, 0.15) is 33.9 Å². The van der Waals surface area contributed by atoms with Crippen LogP contribution in [0.4, 0.5) is 10.1 Å². The van der Waals surface area contributed by atoms with Crippen LogP contribution in [0.5, 0.6) is 0 Å². The number of hydrogen-bond acceptors (Lipinski definition) is 2. The molecule has 0 heterocycles. The summed E-state index contributed by atoms with van der Waals surface area (Å²) in [6.07, 6.45) is 1.52. The van der Waals surface area contributed by atoms with Crippen molar-refractivity contribution in [3.05, 3.63) is 65.0 Å². The Labute approximate surface area is 116 Å². The Bertz CT molecular complexity index is 669. The van der Waals surface area contributed by atoms with E-state index in [1.807, 2.05) is 12.1 Å². The molecule has 1 atom stereocenters. The first-order chi connectivity index (χ1) is 9.65. The summed E-state index contributed by atoms with van der Waals surface area (Å²) in [5, 5.41) is 12.3. The second kappa shape index (κ2) is 4.96. The average Bonchev–Trinajstić information content (AvgIpc) is 2.84. The monoisotopic (exact) mass is 271 g/mol. The fraction of sp³-hybridized carbons (Fsp3) is 0.188. The Hall–Kier alpha value is -2.36. The molecule has 1 aliphatic carbocycles. The molecule has 0 fully saturated rings. The van der Waals surface area contributed by atoms with Gasteiger partial charge in [-0.15, -0.1) is 0 Å². The fourth-order valence-electron chi connectivity index (χ4n) is 2.70. The van der Waals surface area contributed by atoms with Crippen LogP contribution in [0.15, 0.2) is 42.5 Å². The first-order valence-electron chi connectivity index (χ1n) is 6.52. The highest BCUT2D eigenvalue weighted by molar-refractivity contribution is 5.88. The summed E-state index contributed by atoms with van der Waals surface area (Å²) in [6, 6.07) is 11.8. The molecule has 0 amide bonds. The van der Waals surface area contributed by atoms with Crippen LogP contribution in [0.3, 0.4) is 0 Å². The first-order valence-corrected chi connectivity index (χ1v) is 6.52. The van der Waals surface area contributed by atoms with Crippen molar-refractivity contribution in [3.8, 4) is 0 Å². The minimum absolute atomic E-state index is 0.0322. The minimum atomic E-state index is -0.952. The molecule has 3 nitrogen and oxygen atoms in total. The molecular formula is C16H14FNO2. The molecule has 2 N–H and O–H groups in total. The number of carbonyl (C=O) groups is 1. The highest BCUT2D eigenvalue weighted by atomic mass is 19.1. The number of aromatic carboxylic acids is 1. The lowest BCUT2D eigenvalue weighted by atomic mass is 10.1. The smallest absolute Gasteiger partial charge is 0.335 e. The summed E-state index contributed by atoms with van der Waals surface area (Å²) in [7, 11) is 0. The van der Waals surface area contributed by atoms with Crippen LogP contribution < -0.4 is 5.32 Å². The number of fused-ring (bicyclic) bond motifs is 1. The summed E-state index contributed by atoms with van der Waals surface area (Å²) in [5.74, 6) is -1.11. The molecule has 0 aliphatic heterocycles. The molecule has 102 valence electrons. The topological polar surface area (TPSA) is 49.3 Å². The molecule has 1 unspecified atom stereocenters. The van der Waals surface area contributed by atoms with Crippen molar-refractivity contribution in [2.75, 3.05) is 5.32 Å². The van der Waals surface area contributed by atoms with E-state index in [-0.39, 0.29) is 17.4 Å². The Balaban J connectivity index is 1.86. The lowest BCUT2D eigenvalue weighted by molar-refractivity contribution is 0.0697. The Morgan fingerprint density at radius 3 is 2.85 bits per heavy atom. The van der Waals surface area contributed by atoms with E-state index in [0.717, 1.165) is 23.2 Å². The third kappa shape index (κ3) is 2.25. The quantitative estimate of drug-likeness (QED) is 0.896. The molecule has 0 aromatic heterocycles. The zero-order valence-corrected chi connectivity index (χ0v) is 10.8. The molecule has 20 heavy (non-hydrogen) atoms. The number of nitrogens with one attached hydrogen (secondary N) is 1. The van der Waals surface area contributed by atoms with Gasteiger partial charge < -0.3 is 10.4 Å². The molecule has 2 aromatic rings. The van der Waals surface area contributed by atoms with E-state index in [4.69, 9.17) is 5.11 Å². The van der Waals surface area contributed by atoms with Gasteiger partial charge in [-0.05, 0) is 48.2 Å². The molecule has 0 saturated carbocycles. The maximum Gasteiger partial charge on any atom is 0.335 e. The maximum atomic E-state index is 13.7. The number of anilines is 1. The largest absolute Gasteiger partial charge is 0.478 e. The zero-order chi connectivity index (χ0) is 14.1. The predicted molar refractivity (Wildman–Crippen MR) is 74.5 cm³/mol. The van der Waals surface area contributed by atoms with Gasteiger partial charge in [0.15, 0.2) is 0 Å². The van der Waals surface area contributed by atoms with Crippen molar-refractivity contribution in [1.29, 1.82) is 0 Å². The fourth-order valence-corrected chi connectivity index (χ4v) is 2.70. The molecule has 0 spiro atoms. The molecule has 1 aliphatic rings. The second-order valence-corrected chi connectivity index (χ2v) is 4.93. The van der Waals surface area contributed by atoms with Crippen LogP contribution in [0.25, 0.3) is 0 Å². The highest BCUT2D eigenvalue weighted by Gasteiger charge is 2.24. The maximum absolute atomic E-state index is 13.7. The third-order valence-electron chi connectivity index (χ3n) is 3.66. The van der Waals surface area contributed by atoms with Gasteiger partial charge >= 0.3 is 5.97 Å². The SMILES string of the molecule is O=C(O)c1cccc(NC2CCc3c(F)cccc32)c1. The van der Waals surface area contributed by atoms with Crippen LogP contribution in [-0.2, 0) is 6.42 Å².